The van der Waals surface area contributed by atoms with Crippen LogP contribution in [0.15, 0.2) is 30.3 Å². The molecule has 0 bridgehead atoms. The van der Waals surface area contributed by atoms with Gasteiger partial charge in [0.1, 0.15) is 24.2 Å². The summed E-state index contributed by atoms with van der Waals surface area (Å²) < 4.78 is 10.3. The van der Waals surface area contributed by atoms with E-state index in [9.17, 15) is 39.0 Å². The van der Waals surface area contributed by atoms with Crippen molar-refractivity contribution >= 4 is 62.7 Å². The number of likely N-dealkylation sites (tertiary alicyclic amines) is 2. The lowest BCUT2D eigenvalue weighted by Crippen LogP contribution is -2.55. The number of carbonyl (C=O) groups is 6. The Balaban J connectivity index is 0.000000391. The van der Waals surface area contributed by atoms with Gasteiger partial charge in [0.25, 0.3) is 0 Å². The molecule has 1 aromatic carbocycles. The lowest BCUT2D eigenvalue weighted by molar-refractivity contribution is -0.152. The largest absolute Gasteiger partial charge is 0.480 e. The second-order valence-corrected chi connectivity index (χ2v) is 15.7. The Hall–Kier alpha value is -3.34. The number of ether oxygens (including phenoxy) is 2. The average Bonchev–Trinajstić information content (AvgIpc) is 3.90. The van der Waals surface area contributed by atoms with E-state index in [0.29, 0.717) is 38.7 Å². The number of benzene rings is 1. The number of esters is 2. The third-order valence-corrected chi connectivity index (χ3v) is 11.9. The zero-order chi connectivity index (χ0) is 40.9. The van der Waals surface area contributed by atoms with Gasteiger partial charge in [-0.15, -0.1) is 0 Å². The second-order valence-electron chi connectivity index (χ2n) is 15.7. The van der Waals surface area contributed by atoms with Crippen LogP contribution in [0.2, 0.25) is 0 Å². The van der Waals surface area contributed by atoms with Gasteiger partial charge in [-0.1, -0.05) is 62.9 Å². The van der Waals surface area contributed by atoms with Crippen LogP contribution >= 0.6 is 27.0 Å². The number of aliphatic carboxylic acids is 2. The monoisotopic (exact) mass is 852 g/mol. The van der Waals surface area contributed by atoms with E-state index in [0.717, 1.165) is 56.9 Å². The molecule has 4 N–H and O–H groups in total. The van der Waals surface area contributed by atoms with Crippen molar-refractivity contribution in [1.29, 1.82) is 0 Å². The van der Waals surface area contributed by atoms with Crippen molar-refractivity contribution < 1.29 is 48.5 Å². The first kappa shape index (κ1) is 50.8. The molecule has 0 aromatic heterocycles. The molecule has 5 rings (SSSR count). The fraction of sp³-hybridized carbons (Fsp3) is 0.714. The molecule has 2 heterocycles. The highest BCUT2D eigenvalue weighted by Crippen LogP contribution is 2.42. The molecule has 14 nitrogen and oxygen atoms in total. The van der Waals surface area contributed by atoms with E-state index in [1.54, 1.807) is 37.5 Å². The number of fused-ring (bicyclic) bond motifs is 2. The summed E-state index contributed by atoms with van der Waals surface area (Å²) in [5, 5.41) is 25.4. The first-order chi connectivity index (χ1) is 26.8. The number of nitrogens with zero attached hydrogens (tertiary/aromatic N) is 2. The van der Waals surface area contributed by atoms with Gasteiger partial charge in [-0.05, 0) is 103 Å². The average molecular weight is 853 g/mol. The van der Waals surface area contributed by atoms with Gasteiger partial charge in [-0.3, -0.25) is 29.8 Å². The topological polar surface area (TPSA) is 192 Å². The summed E-state index contributed by atoms with van der Waals surface area (Å²) in [5.74, 6) is -2.56. The highest BCUT2D eigenvalue weighted by Gasteiger charge is 2.50. The minimum Gasteiger partial charge on any atom is -0.480 e. The summed E-state index contributed by atoms with van der Waals surface area (Å²) in [7, 11) is 0. The van der Waals surface area contributed by atoms with Gasteiger partial charge < -0.3 is 29.5 Å². The van der Waals surface area contributed by atoms with Crippen LogP contribution in [0, 0.1) is 11.8 Å². The van der Waals surface area contributed by atoms with Crippen molar-refractivity contribution in [2.45, 2.75) is 166 Å². The molecule has 4 fully saturated rings. The zero-order valence-electron chi connectivity index (χ0n) is 34.8. The molecule has 10 atom stereocenters. The number of hydrogen-bond acceptors (Lipinski definition) is 10. The summed E-state index contributed by atoms with van der Waals surface area (Å²) in [4.78, 5) is 77.5. The number of aryl methyl sites for hydroxylation is 1. The highest BCUT2D eigenvalue weighted by molar-refractivity contribution is 7.59. The van der Waals surface area contributed by atoms with E-state index >= 15 is 0 Å². The molecule has 2 aliphatic carbocycles. The Morgan fingerprint density at radius 3 is 1.55 bits per heavy atom. The molecule has 0 radical (unpaired) electrons. The molecular weight excluding hydrogens is 785 g/mol. The molecule has 2 amide bonds. The quantitative estimate of drug-likeness (QED) is 0.160. The van der Waals surface area contributed by atoms with E-state index in [-0.39, 0.29) is 81.3 Å². The number of amides is 2. The second kappa shape index (κ2) is 24.7. The number of carbonyl (C=O) groups excluding carboxylic acids is 4. The van der Waals surface area contributed by atoms with E-state index in [4.69, 9.17) is 9.47 Å². The number of carboxylic acid groups (broad SMARTS) is 2. The third-order valence-electron chi connectivity index (χ3n) is 11.9. The van der Waals surface area contributed by atoms with Crippen molar-refractivity contribution in [3.63, 3.8) is 0 Å². The first-order valence-electron chi connectivity index (χ1n) is 20.8. The number of carboxylic acids is 2. The van der Waals surface area contributed by atoms with Gasteiger partial charge in [0.2, 0.25) is 11.8 Å². The van der Waals surface area contributed by atoms with Crippen molar-refractivity contribution in [2.24, 2.45) is 11.8 Å². The van der Waals surface area contributed by atoms with Gasteiger partial charge in [-0.25, -0.2) is 9.59 Å². The molecule has 2 aliphatic heterocycles. The predicted octanol–water partition coefficient (Wildman–Crippen LogP) is 4.55. The summed E-state index contributed by atoms with van der Waals surface area (Å²) in [6.45, 7) is 9.44. The number of rotatable bonds is 17. The van der Waals surface area contributed by atoms with Crippen LogP contribution in [0.1, 0.15) is 117 Å². The Morgan fingerprint density at radius 1 is 0.672 bits per heavy atom. The molecule has 4 aliphatic rings. The van der Waals surface area contributed by atoms with Crippen LogP contribution < -0.4 is 10.6 Å². The standard InChI is InChI=1S/C23H32N2O5.C19H32N2O5.2H2S/c1-3-30-23(29)18(13-12-16-8-5-4-6-9-16)24-15(2)21(26)25-19-11-7-10-17(19)14-20(25)22(27)28;1-4-8-14(19(25)26-5-2)20-12(3)17(22)21-15-10-7-6-9-13(15)11-16(21)18(23)24;;/h4-6,8-9,15,17-20,24H,3,7,10-14H2,1-2H3,(H,27,28);12-16,20H,4-11H2,1-3H3,(H,23,24);2*1H2/t15-,17+,18-,19+,20+;12-,13-,14-,15-,16-;;/m00../s1. The van der Waals surface area contributed by atoms with Crippen LogP contribution in [0.5, 0.6) is 0 Å². The van der Waals surface area contributed by atoms with Gasteiger partial charge in [0.15, 0.2) is 0 Å². The van der Waals surface area contributed by atoms with Crippen molar-refractivity contribution in [1.82, 2.24) is 20.4 Å². The minimum absolute atomic E-state index is 0. The Kier molecular flexibility index (Phi) is 21.6. The van der Waals surface area contributed by atoms with Crippen LogP contribution in [-0.4, -0.2) is 117 Å². The van der Waals surface area contributed by atoms with Crippen LogP contribution in [0.4, 0.5) is 0 Å². The van der Waals surface area contributed by atoms with Crippen molar-refractivity contribution in [3.8, 4) is 0 Å². The Bertz CT molecular complexity index is 1510. The molecule has 58 heavy (non-hydrogen) atoms. The van der Waals surface area contributed by atoms with E-state index < -0.39 is 48.2 Å². The summed E-state index contributed by atoms with van der Waals surface area (Å²) in [6, 6.07) is 5.83. The normalized spacial score (nSPS) is 25.2. The molecule has 1 aromatic rings. The molecule has 2 saturated carbocycles. The lowest BCUT2D eigenvalue weighted by atomic mass is 9.84. The SMILES string of the molecule is CCC[C@H](N[C@@H](C)C(=O)N1[C@H](C(=O)O)C[C@@H]2CCCC[C@@H]21)C(=O)OCC.CCOC(=O)[C@H](CCc1ccccc1)N[C@@H](C)C(=O)N1[C@@H](C(=O)O)C[C@H]2CCC[C@H]21.S.S. The van der Waals surface area contributed by atoms with Crippen LogP contribution in [0.25, 0.3) is 0 Å². The molecular formula is C42H68N4O10S2. The third kappa shape index (κ3) is 13.1. The van der Waals surface area contributed by atoms with Gasteiger partial charge in [0.05, 0.1) is 25.3 Å². The number of nitrogens with one attached hydrogen (secondary N) is 2. The first-order valence-corrected chi connectivity index (χ1v) is 20.8. The van der Waals surface area contributed by atoms with E-state index in [1.165, 1.54) is 0 Å². The maximum absolute atomic E-state index is 13.2. The highest BCUT2D eigenvalue weighted by atomic mass is 32.1. The molecule has 2 saturated heterocycles. The summed E-state index contributed by atoms with van der Waals surface area (Å²) in [5.41, 5.74) is 1.10. The van der Waals surface area contributed by atoms with Crippen molar-refractivity contribution in [2.75, 3.05) is 13.2 Å². The Labute approximate surface area is 357 Å². The van der Waals surface area contributed by atoms with E-state index in [2.05, 4.69) is 10.6 Å². The number of hydrogen-bond donors (Lipinski definition) is 4. The maximum atomic E-state index is 13.2. The smallest absolute Gasteiger partial charge is 0.326 e. The Morgan fingerprint density at radius 2 is 1.10 bits per heavy atom. The van der Waals surface area contributed by atoms with Crippen molar-refractivity contribution in [3.05, 3.63) is 35.9 Å². The molecule has 16 heteroatoms. The van der Waals surface area contributed by atoms with E-state index in [1.807, 2.05) is 37.3 Å². The van der Waals surface area contributed by atoms with Gasteiger partial charge in [-0.2, -0.15) is 27.0 Å². The van der Waals surface area contributed by atoms with Gasteiger partial charge >= 0.3 is 23.9 Å². The van der Waals surface area contributed by atoms with Crippen LogP contribution in [0.3, 0.4) is 0 Å². The predicted molar refractivity (Wildman–Crippen MR) is 229 cm³/mol. The zero-order valence-corrected chi connectivity index (χ0v) is 36.8. The summed E-state index contributed by atoms with van der Waals surface area (Å²) in [6.07, 6.45) is 10.4. The fourth-order valence-corrected chi connectivity index (χ4v) is 9.29. The lowest BCUT2D eigenvalue weighted by Gasteiger charge is -2.35. The summed E-state index contributed by atoms with van der Waals surface area (Å²) >= 11 is 0. The van der Waals surface area contributed by atoms with Gasteiger partial charge in [0, 0.05) is 12.1 Å². The molecule has 0 unspecified atom stereocenters. The van der Waals surface area contributed by atoms with Crippen LogP contribution in [-0.2, 0) is 44.7 Å². The minimum atomic E-state index is -0.948. The molecule has 328 valence electrons. The molecule has 0 spiro atoms. The maximum Gasteiger partial charge on any atom is 0.326 e. The fourth-order valence-electron chi connectivity index (χ4n) is 9.29.